The number of ether oxygens (including phenoxy) is 2. The minimum Gasteiger partial charge on any atom is -0.493 e. The fourth-order valence-electron chi connectivity index (χ4n) is 2.78. The first-order valence-electron chi connectivity index (χ1n) is 7.53. The third-order valence-electron chi connectivity index (χ3n) is 4.02. The third kappa shape index (κ3) is 2.89. The molecule has 0 saturated carbocycles. The Morgan fingerprint density at radius 1 is 1.18 bits per heavy atom. The zero-order valence-electron chi connectivity index (χ0n) is 14.0. The molecule has 1 heterocycles. The summed E-state index contributed by atoms with van der Waals surface area (Å²) in [6, 6.07) is 3.90. The molecule has 1 aliphatic heterocycles. The standard InChI is InChI=1S/C17H24N2O3/c1-6-19(7-2)17(20)13-8-12-9-15(21-4)16(22-5)10-14(12)18(3)11-13/h9-11H,6-8H2,1-5H3. The van der Waals surface area contributed by atoms with Gasteiger partial charge in [-0.1, -0.05) is 0 Å². The summed E-state index contributed by atoms with van der Waals surface area (Å²) in [4.78, 5) is 16.4. The van der Waals surface area contributed by atoms with E-state index in [1.54, 1.807) is 14.2 Å². The van der Waals surface area contributed by atoms with Crippen molar-refractivity contribution in [2.45, 2.75) is 20.3 Å². The molecule has 0 aromatic heterocycles. The maximum Gasteiger partial charge on any atom is 0.251 e. The van der Waals surface area contributed by atoms with Crippen molar-refractivity contribution in [3.63, 3.8) is 0 Å². The number of benzene rings is 1. The molecule has 120 valence electrons. The number of methoxy groups -OCH3 is 2. The van der Waals surface area contributed by atoms with E-state index in [0.717, 1.165) is 29.9 Å². The van der Waals surface area contributed by atoms with Crippen LogP contribution in [0.3, 0.4) is 0 Å². The van der Waals surface area contributed by atoms with Crippen molar-refractivity contribution in [1.29, 1.82) is 0 Å². The number of likely N-dealkylation sites (N-methyl/N-ethyl adjacent to an activating group) is 1. The van der Waals surface area contributed by atoms with Crippen LogP contribution in [-0.4, -0.2) is 45.2 Å². The molecule has 0 bridgehead atoms. The van der Waals surface area contributed by atoms with Crippen LogP contribution in [0, 0.1) is 0 Å². The van der Waals surface area contributed by atoms with Gasteiger partial charge in [0.1, 0.15) is 0 Å². The Bertz CT molecular complexity index is 592. The summed E-state index contributed by atoms with van der Waals surface area (Å²) in [7, 11) is 5.19. The Morgan fingerprint density at radius 3 is 2.32 bits per heavy atom. The van der Waals surface area contributed by atoms with Crippen LogP contribution in [0.15, 0.2) is 23.9 Å². The Kier molecular flexibility index (Phi) is 4.96. The van der Waals surface area contributed by atoms with Crippen molar-refractivity contribution in [2.75, 3.05) is 39.3 Å². The fraction of sp³-hybridized carbons (Fsp3) is 0.471. The molecule has 0 atom stereocenters. The van der Waals surface area contributed by atoms with Gasteiger partial charge in [0.2, 0.25) is 0 Å². The molecule has 0 spiro atoms. The second-order valence-electron chi connectivity index (χ2n) is 5.26. The van der Waals surface area contributed by atoms with Gasteiger partial charge in [0.15, 0.2) is 11.5 Å². The van der Waals surface area contributed by atoms with Crippen LogP contribution in [0.2, 0.25) is 0 Å². The molecule has 0 unspecified atom stereocenters. The number of rotatable bonds is 5. The summed E-state index contributed by atoms with van der Waals surface area (Å²) in [5, 5.41) is 0. The molecular weight excluding hydrogens is 280 g/mol. The van der Waals surface area contributed by atoms with Crippen molar-refractivity contribution in [3.8, 4) is 11.5 Å². The van der Waals surface area contributed by atoms with Crippen molar-refractivity contribution >= 4 is 11.6 Å². The molecule has 0 saturated heterocycles. The summed E-state index contributed by atoms with van der Waals surface area (Å²) >= 11 is 0. The predicted molar refractivity (Wildman–Crippen MR) is 87.7 cm³/mol. The van der Waals surface area contributed by atoms with Gasteiger partial charge in [-0.25, -0.2) is 0 Å². The summed E-state index contributed by atoms with van der Waals surface area (Å²) in [5.41, 5.74) is 2.90. The lowest BCUT2D eigenvalue weighted by Crippen LogP contribution is -2.34. The van der Waals surface area contributed by atoms with Gasteiger partial charge in [0.05, 0.1) is 14.2 Å². The summed E-state index contributed by atoms with van der Waals surface area (Å²) in [6.07, 6.45) is 2.52. The number of carbonyl (C=O) groups excluding carboxylic acids is 1. The fourth-order valence-corrected chi connectivity index (χ4v) is 2.78. The predicted octanol–water partition coefficient (Wildman–Crippen LogP) is 2.45. The number of carbonyl (C=O) groups is 1. The lowest BCUT2D eigenvalue weighted by atomic mass is 9.98. The molecule has 2 rings (SSSR count). The highest BCUT2D eigenvalue weighted by atomic mass is 16.5. The summed E-state index contributed by atoms with van der Waals surface area (Å²) in [5.74, 6) is 1.48. The molecular formula is C17H24N2O3. The zero-order chi connectivity index (χ0) is 16.3. The van der Waals surface area contributed by atoms with E-state index in [-0.39, 0.29) is 5.91 Å². The molecule has 0 aliphatic carbocycles. The van der Waals surface area contributed by atoms with Gasteiger partial charge < -0.3 is 19.3 Å². The largest absolute Gasteiger partial charge is 0.493 e. The topological polar surface area (TPSA) is 42.0 Å². The van der Waals surface area contributed by atoms with E-state index >= 15 is 0 Å². The van der Waals surface area contributed by atoms with Gasteiger partial charge in [-0.2, -0.15) is 0 Å². The second kappa shape index (κ2) is 6.73. The molecule has 1 amide bonds. The lowest BCUT2D eigenvalue weighted by Gasteiger charge is -2.29. The molecule has 22 heavy (non-hydrogen) atoms. The van der Waals surface area contributed by atoms with Crippen molar-refractivity contribution in [2.24, 2.45) is 0 Å². The molecule has 0 radical (unpaired) electrons. The van der Waals surface area contributed by atoms with E-state index in [1.165, 1.54) is 0 Å². The minimum absolute atomic E-state index is 0.0947. The highest BCUT2D eigenvalue weighted by Gasteiger charge is 2.24. The van der Waals surface area contributed by atoms with Crippen molar-refractivity contribution in [3.05, 3.63) is 29.5 Å². The maximum atomic E-state index is 12.6. The number of amides is 1. The lowest BCUT2D eigenvalue weighted by molar-refractivity contribution is -0.126. The van der Waals surface area contributed by atoms with Crippen molar-refractivity contribution in [1.82, 2.24) is 4.90 Å². The van der Waals surface area contributed by atoms with Crippen LogP contribution in [0.1, 0.15) is 19.4 Å². The third-order valence-corrected chi connectivity index (χ3v) is 4.02. The normalized spacial score (nSPS) is 13.3. The molecule has 0 fully saturated rings. The minimum atomic E-state index is 0.0947. The molecule has 1 aliphatic rings. The van der Waals surface area contributed by atoms with E-state index in [1.807, 2.05) is 49.0 Å². The SMILES string of the molecule is CCN(CC)C(=O)C1=CN(C)c2cc(OC)c(OC)cc2C1. The van der Waals surface area contributed by atoms with Gasteiger partial charge >= 0.3 is 0 Å². The maximum absolute atomic E-state index is 12.6. The van der Waals surface area contributed by atoms with E-state index in [4.69, 9.17) is 9.47 Å². The van der Waals surface area contributed by atoms with Crippen LogP contribution in [0.4, 0.5) is 5.69 Å². The second-order valence-corrected chi connectivity index (χ2v) is 5.26. The van der Waals surface area contributed by atoms with E-state index in [9.17, 15) is 4.79 Å². The molecule has 1 aromatic carbocycles. The first kappa shape index (κ1) is 16.2. The van der Waals surface area contributed by atoms with E-state index < -0.39 is 0 Å². The van der Waals surface area contributed by atoms with Crippen LogP contribution in [-0.2, 0) is 11.2 Å². The average molecular weight is 304 g/mol. The smallest absolute Gasteiger partial charge is 0.251 e. The number of fused-ring (bicyclic) bond motifs is 1. The van der Waals surface area contributed by atoms with Crippen molar-refractivity contribution < 1.29 is 14.3 Å². The van der Waals surface area contributed by atoms with E-state index in [2.05, 4.69) is 0 Å². The monoisotopic (exact) mass is 304 g/mol. The number of nitrogens with zero attached hydrogens (tertiary/aromatic N) is 2. The van der Waals surface area contributed by atoms with Crippen LogP contribution >= 0.6 is 0 Å². The summed E-state index contributed by atoms with van der Waals surface area (Å²) < 4.78 is 10.7. The quantitative estimate of drug-likeness (QED) is 0.838. The Balaban J connectivity index is 2.37. The van der Waals surface area contributed by atoms with Crippen LogP contribution in [0.5, 0.6) is 11.5 Å². The Hall–Kier alpha value is -2.17. The van der Waals surface area contributed by atoms with Gasteiger partial charge in [0, 0.05) is 50.1 Å². The van der Waals surface area contributed by atoms with Gasteiger partial charge in [0.25, 0.3) is 5.91 Å². The summed E-state index contributed by atoms with van der Waals surface area (Å²) in [6.45, 7) is 5.43. The molecule has 5 nitrogen and oxygen atoms in total. The van der Waals surface area contributed by atoms with Gasteiger partial charge in [-0.05, 0) is 25.5 Å². The number of hydrogen-bond donors (Lipinski definition) is 0. The van der Waals surface area contributed by atoms with Crippen LogP contribution in [0.25, 0.3) is 0 Å². The Morgan fingerprint density at radius 2 is 1.77 bits per heavy atom. The molecule has 5 heteroatoms. The Labute approximate surface area is 132 Å². The number of anilines is 1. The first-order valence-corrected chi connectivity index (χ1v) is 7.53. The van der Waals surface area contributed by atoms with Crippen LogP contribution < -0.4 is 14.4 Å². The highest BCUT2D eigenvalue weighted by molar-refractivity contribution is 5.95. The first-order chi connectivity index (χ1) is 10.5. The molecule has 0 N–H and O–H groups in total. The van der Waals surface area contributed by atoms with E-state index in [0.29, 0.717) is 17.9 Å². The van der Waals surface area contributed by atoms with Gasteiger partial charge in [-0.15, -0.1) is 0 Å². The highest BCUT2D eigenvalue weighted by Crippen LogP contribution is 2.38. The van der Waals surface area contributed by atoms with Gasteiger partial charge in [-0.3, -0.25) is 4.79 Å². The number of hydrogen-bond acceptors (Lipinski definition) is 4. The zero-order valence-corrected chi connectivity index (χ0v) is 14.0. The average Bonchev–Trinajstić information content (AvgIpc) is 2.54. The molecule has 1 aromatic rings.